The van der Waals surface area contributed by atoms with Gasteiger partial charge in [0, 0.05) is 11.1 Å². The molecule has 32 nitrogen and oxygen atoms in total. The Labute approximate surface area is 870 Å². The maximum absolute atomic E-state index is 14.8. The van der Waals surface area contributed by atoms with E-state index >= 15 is 0 Å². The molecule has 0 N–H and O–H groups in total. The van der Waals surface area contributed by atoms with E-state index in [1.807, 2.05) is 60.7 Å². The van der Waals surface area contributed by atoms with Crippen molar-refractivity contribution in [2.24, 2.45) is 74.9 Å². The molecule has 15 unspecified atom stereocenters. The van der Waals surface area contributed by atoms with E-state index in [0.717, 1.165) is 16.4 Å². The first kappa shape index (κ1) is 107. The van der Waals surface area contributed by atoms with Gasteiger partial charge in [-0.3, -0.25) is 0 Å². The zero-order valence-electron chi connectivity index (χ0n) is 82.6. The van der Waals surface area contributed by atoms with Crippen molar-refractivity contribution >= 4 is 157 Å². The summed E-state index contributed by atoms with van der Waals surface area (Å²) in [6.07, 6.45) is 9.79. The Hall–Kier alpha value is -11.8. The minimum atomic E-state index is -3.65. The molecule has 2 heterocycles. The first-order valence-corrected chi connectivity index (χ1v) is 58.0. The zero-order valence-corrected chi connectivity index (χ0v) is 89.0. The van der Waals surface area contributed by atoms with Crippen molar-refractivity contribution in [3.8, 4) is 11.5 Å². The molecule has 12 aliphatic carbocycles. The zero-order chi connectivity index (χ0) is 104. The number of benzene rings is 5. The fraction of sp³-hybridized carbons (Fsp3) is 0.477. The Morgan fingerprint density at radius 2 is 0.712 bits per heavy atom. The number of hydrogen-bond acceptors (Lipinski definition) is 32. The van der Waals surface area contributed by atoms with Gasteiger partial charge in [0.2, 0.25) is 0 Å². The van der Waals surface area contributed by atoms with Gasteiger partial charge < -0.3 is 0 Å². The predicted molar refractivity (Wildman–Crippen MR) is 545 cm³/mol. The molecule has 10 bridgehead atoms. The monoisotopic (exact) mass is 2350 g/mol. The Bertz CT molecular complexity index is 5870. The number of esters is 10. The molecule has 0 amide bonds. The van der Waals surface area contributed by atoms with Crippen LogP contribution in [-0.2, 0) is 123 Å². The second kappa shape index (κ2) is 44.3. The van der Waals surface area contributed by atoms with E-state index in [4.69, 9.17) is 65.8 Å². The molecule has 5 aromatic carbocycles. The van der Waals surface area contributed by atoms with Crippen LogP contribution < -0.4 is 9.47 Å². The van der Waals surface area contributed by atoms with Gasteiger partial charge in [-0.15, -0.1) is 0 Å². The summed E-state index contributed by atoms with van der Waals surface area (Å²) >= 11 is -10.2. The van der Waals surface area contributed by atoms with Crippen LogP contribution in [-0.4, -0.2) is 143 Å². The third-order valence-electron chi connectivity index (χ3n) is 30.5. The van der Waals surface area contributed by atoms with Gasteiger partial charge in [0.25, 0.3) is 0 Å². The fourth-order valence-electron chi connectivity index (χ4n) is 23.8. The number of carbonyl (C=O) groups is 16. The molecule has 12 saturated carbocycles. The number of hydrogen-bond donors (Lipinski definition) is 0. The minimum absolute atomic E-state index is 0.0681. The normalized spacial score (nSPS) is 30.3. The summed E-state index contributed by atoms with van der Waals surface area (Å²) < 4.78 is 95.1. The number of rotatable bonds is 32. The van der Waals surface area contributed by atoms with Gasteiger partial charge >= 0.3 is 830 Å². The molecule has 146 heavy (non-hydrogen) atoms. The summed E-state index contributed by atoms with van der Waals surface area (Å²) in [7, 11) is 0. The van der Waals surface area contributed by atoms with Crippen LogP contribution in [0.1, 0.15) is 230 Å². The van der Waals surface area contributed by atoms with E-state index in [2.05, 4.69) is 46.4 Å². The number of ether oxygens (including phenoxy) is 10. The summed E-state index contributed by atoms with van der Waals surface area (Å²) in [4.78, 5) is 210. The molecular weight excluding hydrogens is 2230 g/mol. The third kappa shape index (κ3) is 22.8. The van der Waals surface area contributed by atoms with Crippen molar-refractivity contribution in [2.45, 2.75) is 257 Å². The van der Waals surface area contributed by atoms with Crippen molar-refractivity contribution in [1.82, 2.24) is 0 Å². The Kier molecular flexibility index (Phi) is 32.5. The van der Waals surface area contributed by atoms with Gasteiger partial charge in [0.15, 0.2) is 0 Å². The molecule has 2 saturated heterocycles. The SMILES string of the molecule is C=C(C)C(=O)OC1C2CC3C1OC(=O)C3(C(=O)OI(OC(=O)C13CC4CC1C(OC3=O)C4OC(=O)C(=C)C)c1ccccc1)C2.C=C(C)C(=O)OC1CCC(C(=O)OI(OC(=O)C2CCC(OC(=O)C(=C)C)CC2)c2ccccc2)CC1.C=C(C)C(=O)Oc1ccc(C(=O)OC23CCCC(C(=O)OI(OC(=O)C45CC6CC(CC(OC(=O)c7ccc(OC(=O)C(=C)C)cc7)(C6)C4)C5)c4ccccc4)(CC(CC)C2)C3)cc1. The average molecular weight is 2350 g/mol. The molecule has 14 fully saturated rings. The molecule has 0 radical (unpaired) electrons. The maximum atomic E-state index is 14.8. The molecule has 15 atom stereocenters. The van der Waals surface area contributed by atoms with Crippen LogP contribution in [0.3, 0.4) is 0 Å². The van der Waals surface area contributed by atoms with Gasteiger partial charge in [-0.1, -0.05) is 13.2 Å². The molecule has 14 aliphatic rings. The quantitative estimate of drug-likeness (QED) is 0.00963. The van der Waals surface area contributed by atoms with Gasteiger partial charge in [0.05, 0.1) is 0 Å². The molecule has 0 spiro atoms. The third-order valence-corrected chi connectivity index (χ3v) is 40.6. The molecule has 19 rings (SSSR count). The standard InChI is InChI=1S/C51H55IO12.C32H31IO12.C28H35IO8/c1-6-34-24-48(21-10-22-50(27-34,30-48)61-44(55)37-13-17-40(18-14-37)59-42(53)32(2)3)46(57)63-52(39-11-8-7-9-12-39)64-47(58)49-25-35-23-36(26-49)29-51(28-35,31-49)62-45(56)38-15-19-41(20-16-38)60-43(54)33(4)5;1-14(2)25(34)40-21-16-10-19-23(21)42-27(36)31(19,12-16)29(38)44-33(18-8-6-5-7-9-18)45-30(39)32-13-17-11-20(32)24(43-28(32)37)22(17)41-26(35)15(3)4;1-18(2)25(30)34-23-14-10-20(11-15-23)27(32)36-29(22-8-6-5-7-9-22)37-28(33)21-12-16-24(17-13-21)35-26(31)19(3)4/h7-9,11-20,34-36H,2,4,6,10,21-31H2,1,3,5H3;5-9,16-17,19-24H,1,3,10-13H2,2,4H3;5-9,20-21,23-24H,1,3,10-17H2,2,4H3. The van der Waals surface area contributed by atoms with Crippen LogP contribution in [0.2, 0.25) is 0 Å². The average Bonchev–Trinajstić information content (AvgIpc) is 1.64. The van der Waals surface area contributed by atoms with Crippen LogP contribution in [0.5, 0.6) is 11.5 Å². The van der Waals surface area contributed by atoms with E-state index in [1.165, 1.54) is 38.1 Å². The van der Waals surface area contributed by atoms with Crippen molar-refractivity contribution in [3.05, 3.63) is 234 Å². The van der Waals surface area contributed by atoms with Gasteiger partial charge in [0.1, 0.15) is 0 Å². The summed E-state index contributed by atoms with van der Waals surface area (Å²) in [5.74, 6) is -10.4. The Morgan fingerprint density at radius 3 is 1.09 bits per heavy atom. The predicted octanol–water partition coefficient (Wildman–Crippen LogP) is 19.2. The van der Waals surface area contributed by atoms with Crippen molar-refractivity contribution in [3.63, 3.8) is 0 Å². The van der Waals surface area contributed by atoms with Crippen molar-refractivity contribution in [1.29, 1.82) is 0 Å². The van der Waals surface area contributed by atoms with Crippen molar-refractivity contribution < 1.29 is 142 Å². The molecule has 5 aromatic rings. The van der Waals surface area contributed by atoms with Crippen LogP contribution in [0.25, 0.3) is 0 Å². The van der Waals surface area contributed by atoms with Gasteiger partial charge in [-0.2, -0.15) is 0 Å². The van der Waals surface area contributed by atoms with E-state index in [9.17, 15) is 76.7 Å². The van der Waals surface area contributed by atoms with Crippen molar-refractivity contribution in [2.75, 3.05) is 0 Å². The second-order valence-corrected chi connectivity index (χ2v) is 51.6. The summed E-state index contributed by atoms with van der Waals surface area (Å²) in [5.41, 5.74) is -4.59. The fourth-order valence-corrected chi connectivity index (χ4v) is 33.3. The molecule has 35 heteroatoms. The van der Waals surface area contributed by atoms with E-state index in [-0.39, 0.29) is 112 Å². The first-order chi connectivity index (χ1) is 69.5. The molecular formula is C111H121I3O32. The van der Waals surface area contributed by atoms with Crippen LogP contribution in [0.15, 0.2) is 212 Å². The van der Waals surface area contributed by atoms with Crippen LogP contribution in [0.4, 0.5) is 0 Å². The van der Waals surface area contributed by atoms with Crippen LogP contribution >= 0.6 is 61.9 Å². The Morgan fingerprint density at radius 1 is 0.363 bits per heavy atom. The first-order valence-electron chi connectivity index (χ1n) is 49.5. The van der Waals surface area contributed by atoms with E-state index in [1.54, 1.807) is 82.3 Å². The number of fused-ring (bicyclic) bond motifs is 4. The van der Waals surface area contributed by atoms with Gasteiger partial charge in [-0.05, 0) is 13.8 Å². The van der Waals surface area contributed by atoms with E-state index < -0.39 is 215 Å². The molecule has 778 valence electrons. The summed E-state index contributed by atoms with van der Waals surface area (Å²) in [6.45, 7) is 33.0. The number of halogens is 3. The number of carbonyl (C=O) groups excluding carboxylic acids is 16. The van der Waals surface area contributed by atoms with Crippen LogP contribution in [0, 0.1) is 85.6 Å². The summed E-state index contributed by atoms with van der Waals surface area (Å²) in [5, 5.41) is 0. The second-order valence-electron chi connectivity index (χ2n) is 41.5. The molecule has 0 aromatic heterocycles. The molecule has 2 aliphatic heterocycles. The van der Waals surface area contributed by atoms with E-state index in [0.29, 0.717) is 164 Å². The summed E-state index contributed by atoms with van der Waals surface area (Å²) in [6, 6.07) is 39.2. The topological polar surface area (TPSA) is 421 Å². The Balaban J connectivity index is 0.000000164. The van der Waals surface area contributed by atoms with Gasteiger partial charge in [-0.25, -0.2) is 9.59 Å².